The number of nitrogens with one attached hydrogen (secondary N) is 1. The van der Waals surface area contributed by atoms with Crippen molar-refractivity contribution >= 4 is 38.6 Å². The molecule has 0 heterocycles. The van der Waals surface area contributed by atoms with Gasteiger partial charge in [0.2, 0.25) is 5.91 Å². The molecule has 2 aromatic carbocycles. The van der Waals surface area contributed by atoms with Crippen LogP contribution in [-0.2, 0) is 26.1 Å². The van der Waals surface area contributed by atoms with Crippen molar-refractivity contribution in [1.29, 1.82) is 0 Å². The van der Waals surface area contributed by atoms with Gasteiger partial charge in [-0.05, 0) is 48.4 Å². The predicted molar refractivity (Wildman–Crippen MR) is 106 cm³/mol. The zero-order valence-corrected chi connectivity index (χ0v) is 20.0. The minimum absolute atomic E-state index is 0. The van der Waals surface area contributed by atoms with Gasteiger partial charge in [-0.15, -0.1) is 0 Å². The van der Waals surface area contributed by atoms with Crippen molar-refractivity contribution in [2.45, 2.75) is 18.2 Å². The van der Waals surface area contributed by atoms with E-state index in [1.165, 1.54) is 19.1 Å². The molecule has 0 aromatic heterocycles. The summed E-state index contributed by atoms with van der Waals surface area (Å²) in [5.41, 5.74) is 1.28. The second-order valence-corrected chi connectivity index (χ2v) is 8.60. The second kappa shape index (κ2) is 11.7. The topological polar surface area (TPSA) is 113 Å². The van der Waals surface area contributed by atoms with Gasteiger partial charge in [0.15, 0.2) is 5.12 Å². The first-order chi connectivity index (χ1) is 13.2. The molecule has 2 aromatic rings. The quantitative estimate of drug-likeness (QED) is 0.438. The van der Waals surface area contributed by atoms with E-state index in [1.807, 2.05) is 12.1 Å². The third kappa shape index (κ3) is 8.49. The molecule has 1 amide bonds. The zero-order valence-electron chi connectivity index (χ0n) is 16.4. The Bertz CT molecular complexity index is 930. The monoisotopic (exact) mass is 445 g/mol. The van der Waals surface area contributed by atoms with Crippen LogP contribution in [0, 0.1) is 5.92 Å². The van der Waals surface area contributed by atoms with Crippen LogP contribution in [0.4, 0.5) is 5.69 Å². The van der Waals surface area contributed by atoms with Crippen LogP contribution in [0.5, 0.6) is 5.75 Å². The molecule has 7 nitrogen and oxygen atoms in total. The first-order valence-electron chi connectivity index (χ1n) is 8.32. The molecule has 1 atom stereocenters. The minimum Gasteiger partial charge on any atom is -0.744 e. The fourth-order valence-electron chi connectivity index (χ4n) is 2.44. The number of amides is 1. The van der Waals surface area contributed by atoms with Crippen LogP contribution >= 0.6 is 11.8 Å². The van der Waals surface area contributed by atoms with Gasteiger partial charge in [-0.25, -0.2) is 8.42 Å². The SMILES string of the molecule is COc1ccc(CC(CSC(C)=O)C(=O)Nc2ccc(S(=O)(=O)[O-])cc2)cc1.[Na+]. The summed E-state index contributed by atoms with van der Waals surface area (Å²) in [6.45, 7) is 1.44. The van der Waals surface area contributed by atoms with E-state index >= 15 is 0 Å². The van der Waals surface area contributed by atoms with E-state index in [9.17, 15) is 22.6 Å². The van der Waals surface area contributed by atoms with Crippen LogP contribution in [0.2, 0.25) is 0 Å². The molecule has 150 valence electrons. The molecule has 0 aliphatic heterocycles. The van der Waals surface area contributed by atoms with E-state index in [0.29, 0.717) is 23.6 Å². The van der Waals surface area contributed by atoms with E-state index in [0.717, 1.165) is 29.5 Å². The molecule has 0 fully saturated rings. The maximum Gasteiger partial charge on any atom is 1.00 e. The minimum atomic E-state index is -4.54. The Morgan fingerprint density at radius 3 is 2.17 bits per heavy atom. The number of rotatable bonds is 8. The summed E-state index contributed by atoms with van der Waals surface area (Å²) in [4.78, 5) is 23.7. The number of carbonyl (C=O) groups is 2. The van der Waals surface area contributed by atoms with Gasteiger partial charge in [-0.2, -0.15) is 0 Å². The van der Waals surface area contributed by atoms with E-state index in [1.54, 1.807) is 19.2 Å². The van der Waals surface area contributed by atoms with Gasteiger partial charge >= 0.3 is 29.6 Å². The van der Waals surface area contributed by atoms with Crippen LogP contribution in [-0.4, -0.2) is 36.9 Å². The Hall–Kier alpha value is -1.36. The van der Waals surface area contributed by atoms with Gasteiger partial charge < -0.3 is 14.6 Å². The molecule has 2 rings (SSSR count). The number of carbonyl (C=O) groups excluding carboxylic acids is 2. The average Bonchev–Trinajstić information content (AvgIpc) is 2.65. The van der Waals surface area contributed by atoms with Crippen molar-refractivity contribution in [2.24, 2.45) is 5.92 Å². The number of benzene rings is 2. The summed E-state index contributed by atoms with van der Waals surface area (Å²) >= 11 is 1.07. The van der Waals surface area contributed by atoms with Crippen molar-refractivity contribution in [3.63, 3.8) is 0 Å². The predicted octanol–water partition coefficient (Wildman–Crippen LogP) is -0.320. The molecule has 0 saturated carbocycles. The molecule has 0 aliphatic carbocycles. The van der Waals surface area contributed by atoms with E-state index in [2.05, 4.69) is 5.32 Å². The van der Waals surface area contributed by atoms with E-state index in [-0.39, 0.29) is 45.5 Å². The Morgan fingerprint density at radius 1 is 1.10 bits per heavy atom. The normalized spacial score (nSPS) is 11.8. The smallest absolute Gasteiger partial charge is 0.744 e. The Labute approximate surface area is 196 Å². The van der Waals surface area contributed by atoms with Crippen LogP contribution < -0.4 is 39.6 Å². The molecule has 10 heteroatoms. The first kappa shape index (κ1) is 25.7. The van der Waals surface area contributed by atoms with Crippen molar-refractivity contribution in [3.05, 3.63) is 54.1 Å². The van der Waals surface area contributed by atoms with Crippen molar-refractivity contribution in [1.82, 2.24) is 0 Å². The molecule has 0 saturated heterocycles. The summed E-state index contributed by atoms with van der Waals surface area (Å²) in [5, 5.41) is 2.62. The van der Waals surface area contributed by atoms with Gasteiger partial charge in [0.1, 0.15) is 15.9 Å². The van der Waals surface area contributed by atoms with Gasteiger partial charge in [0.25, 0.3) is 0 Å². The summed E-state index contributed by atoms with van der Waals surface area (Å²) in [6, 6.07) is 12.3. The second-order valence-electron chi connectivity index (χ2n) is 6.02. The molecule has 0 aliphatic rings. The Balaban J connectivity index is 0.00000420. The van der Waals surface area contributed by atoms with Gasteiger partial charge in [-0.1, -0.05) is 23.9 Å². The molecule has 0 bridgehead atoms. The summed E-state index contributed by atoms with van der Waals surface area (Å²) in [7, 11) is -2.98. The van der Waals surface area contributed by atoms with Gasteiger partial charge in [-0.3, -0.25) is 9.59 Å². The standard InChI is InChI=1S/C19H21NO6S2.Na/c1-13(21)27-12-15(11-14-3-7-17(26-2)8-4-14)19(22)20-16-5-9-18(10-6-16)28(23,24)25;/h3-10,15H,11-12H2,1-2H3,(H,20,22)(H,23,24,25);/q;+1/p-1. The van der Waals surface area contributed by atoms with Crippen molar-refractivity contribution in [2.75, 3.05) is 18.2 Å². The summed E-state index contributed by atoms with van der Waals surface area (Å²) in [6.07, 6.45) is 0.420. The molecule has 0 radical (unpaired) electrons. The number of hydrogen-bond donors (Lipinski definition) is 1. The van der Waals surface area contributed by atoms with Crippen molar-refractivity contribution < 1.29 is 56.9 Å². The first-order valence-corrected chi connectivity index (χ1v) is 10.7. The summed E-state index contributed by atoms with van der Waals surface area (Å²) < 4.78 is 38.1. The number of hydrogen-bond acceptors (Lipinski definition) is 7. The third-order valence-electron chi connectivity index (χ3n) is 3.91. The molecule has 29 heavy (non-hydrogen) atoms. The van der Waals surface area contributed by atoms with Crippen LogP contribution in [0.1, 0.15) is 12.5 Å². The Morgan fingerprint density at radius 2 is 1.69 bits per heavy atom. The molecule has 1 N–H and O–H groups in total. The van der Waals surface area contributed by atoms with E-state index in [4.69, 9.17) is 4.74 Å². The number of ether oxygens (including phenoxy) is 1. The van der Waals surface area contributed by atoms with Crippen molar-refractivity contribution in [3.8, 4) is 5.75 Å². The molecular weight excluding hydrogens is 425 g/mol. The molecule has 1 unspecified atom stereocenters. The Kier molecular flexibility index (Phi) is 10.4. The maximum absolute atomic E-state index is 12.7. The van der Waals surface area contributed by atoms with Crippen LogP contribution in [0.25, 0.3) is 0 Å². The van der Waals surface area contributed by atoms with Crippen LogP contribution in [0.3, 0.4) is 0 Å². The van der Waals surface area contributed by atoms with E-state index < -0.39 is 16.0 Å². The van der Waals surface area contributed by atoms with Crippen LogP contribution in [0.15, 0.2) is 53.4 Å². The summed E-state index contributed by atoms with van der Waals surface area (Å²) in [5.74, 6) is 0.226. The maximum atomic E-state index is 12.7. The number of anilines is 1. The fourth-order valence-corrected chi connectivity index (χ4v) is 3.62. The third-order valence-corrected chi connectivity index (χ3v) is 5.74. The number of thioether (sulfide) groups is 1. The number of methoxy groups -OCH3 is 1. The zero-order chi connectivity index (χ0) is 20.7. The fraction of sp³-hybridized carbons (Fsp3) is 0.263. The van der Waals surface area contributed by atoms with Gasteiger partial charge in [0, 0.05) is 18.4 Å². The molecule has 0 spiro atoms. The molecular formula is C19H20NNaO6S2. The average molecular weight is 445 g/mol. The largest absolute Gasteiger partial charge is 1.00 e. The van der Waals surface area contributed by atoms with Gasteiger partial charge in [0.05, 0.1) is 17.9 Å².